The first-order chi connectivity index (χ1) is 19.3. The molecule has 3 heteroatoms. The van der Waals surface area contributed by atoms with Crippen molar-refractivity contribution in [3.05, 3.63) is 24.3 Å². The molecule has 0 saturated heterocycles. The maximum atomic E-state index is 12.4. The topological polar surface area (TPSA) is 49.3 Å². The highest BCUT2D eigenvalue weighted by Gasteiger charge is 2.16. The summed E-state index contributed by atoms with van der Waals surface area (Å²) < 4.78 is 0. The molecule has 0 aromatic carbocycles. The summed E-state index contributed by atoms with van der Waals surface area (Å²) in [5.41, 5.74) is 2.29. The lowest BCUT2D eigenvalue weighted by Crippen LogP contribution is -2.34. The van der Waals surface area contributed by atoms with Crippen LogP contribution in [0.5, 0.6) is 0 Å². The van der Waals surface area contributed by atoms with E-state index in [0.717, 1.165) is 32.1 Å². The molecule has 0 heterocycles. The number of carbonyl (C=O) groups excluding carboxylic acids is 1. The molecule has 0 aromatic heterocycles. The Kier molecular flexibility index (Phi) is 32.5. The largest absolute Gasteiger partial charge is 0.316 e. The van der Waals surface area contributed by atoms with Crippen LogP contribution in [0.2, 0.25) is 0 Å². The summed E-state index contributed by atoms with van der Waals surface area (Å²) in [5, 5.41) is 9.45. The molecule has 0 rings (SSSR count). The first-order valence-electron chi connectivity index (χ1n) is 17.5. The second kappa shape index (κ2) is 33.3. The Labute approximate surface area is 245 Å². The van der Waals surface area contributed by atoms with E-state index < -0.39 is 0 Å². The van der Waals surface area contributed by atoms with Gasteiger partial charge in [-0.25, -0.2) is 0 Å². The standard InChI is InChI=1S/C36H69NO2/c1-3-5-7-9-11-13-15-17-19-21-23-25-27-29-31-33-35(37-39)36(38)34-32-30-28-26-24-22-20-18-16-14-12-10-8-6-4-2/h17-20,35,37,39H,3-16,21-34H2,1-2H3. The molecule has 0 aliphatic heterocycles. The number of nitrogens with one attached hydrogen (secondary N) is 1. The van der Waals surface area contributed by atoms with Crippen molar-refractivity contribution < 1.29 is 10.0 Å². The lowest BCUT2D eigenvalue weighted by molar-refractivity contribution is -0.123. The molecule has 0 bridgehead atoms. The van der Waals surface area contributed by atoms with Gasteiger partial charge in [0.15, 0.2) is 5.78 Å². The molecule has 0 aliphatic carbocycles. The molecule has 0 spiro atoms. The van der Waals surface area contributed by atoms with Crippen LogP contribution < -0.4 is 5.48 Å². The fourth-order valence-electron chi connectivity index (χ4n) is 5.26. The summed E-state index contributed by atoms with van der Waals surface area (Å²) in [6.07, 6.45) is 44.0. The van der Waals surface area contributed by atoms with Crippen molar-refractivity contribution in [3.8, 4) is 0 Å². The first kappa shape index (κ1) is 38.1. The summed E-state index contributed by atoms with van der Waals surface area (Å²) in [7, 11) is 0. The number of ketones is 1. The van der Waals surface area contributed by atoms with E-state index in [1.54, 1.807) is 0 Å². The number of allylic oxidation sites excluding steroid dienone is 4. The Hall–Kier alpha value is -0.930. The summed E-state index contributed by atoms with van der Waals surface area (Å²) >= 11 is 0. The SMILES string of the molecule is CCCCCCCCC=CCCCCCCCC(=O)C(CCCCCCCC=CCCCCCCCC)NO. The average Bonchev–Trinajstić information content (AvgIpc) is 2.95. The van der Waals surface area contributed by atoms with Crippen molar-refractivity contribution >= 4 is 5.78 Å². The van der Waals surface area contributed by atoms with Crippen molar-refractivity contribution in [1.29, 1.82) is 0 Å². The molecule has 2 N–H and O–H groups in total. The highest BCUT2D eigenvalue weighted by molar-refractivity contribution is 5.83. The number of rotatable bonds is 32. The van der Waals surface area contributed by atoms with Crippen LogP contribution >= 0.6 is 0 Å². The molecule has 0 fully saturated rings. The van der Waals surface area contributed by atoms with Crippen LogP contribution in [-0.2, 0) is 4.79 Å². The van der Waals surface area contributed by atoms with E-state index in [9.17, 15) is 10.0 Å². The number of hydroxylamine groups is 1. The molecule has 1 atom stereocenters. The van der Waals surface area contributed by atoms with Crippen LogP contribution in [0.1, 0.15) is 194 Å². The van der Waals surface area contributed by atoms with Crippen molar-refractivity contribution in [2.45, 2.75) is 200 Å². The highest BCUT2D eigenvalue weighted by Crippen LogP contribution is 2.14. The van der Waals surface area contributed by atoms with Crippen LogP contribution in [0.4, 0.5) is 0 Å². The lowest BCUT2D eigenvalue weighted by atomic mass is 9.99. The van der Waals surface area contributed by atoms with Gasteiger partial charge in [-0.05, 0) is 64.2 Å². The summed E-state index contributed by atoms with van der Waals surface area (Å²) in [5.74, 6) is 0.186. The van der Waals surface area contributed by atoms with Crippen molar-refractivity contribution in [2.75, 3.05) is 0 Å². The third kappa shape index (κ3) is 29.9. The molecule has 0 saturated carbocycles. The van der Waals surface area contributed by atoms with Gasteiger partial charge >= 0.3 is 0 Å². The lowest BCUT2D eigenvalue weighted by Gasteiger charge is -2.13. The van der Waals surface area contributed by atoms with Gasteiger partial charge in [-0.3, -0.25) is 4.79 Å². The predicted molar refractivity (Wildman–Crippen MR) is 173 cm³/mol. The molecule has 0 amide bonds. The molecular weight excluding hydrogens is 478 g/mol. The van der Waals surface area contributed by atoms with Gasteiger partial charge in [0.2, 0.25) is 0 Å². The molecule has 0 aromatic rings. The molecule has 3 nitrogen and oxygen atoms in total. The molecule has 39 heavy (non-hydrogen) atoms. The van der Waals surface area contributed by atoms with E-state index in [1.807, 2.05) is 0 Å². The molecule has 0 radical (unpaired) electrons. The summed E-state index contributed by atoms with van der Waals surface area (Å²) in [6, 6.07) is -0.369. The number of hydrogen-bond donors (Lipinski definition) is 2. The van der Waals surface area contributed by atoms with E-state index >= 15 is 0 Å². The van der Waals surface area contributed by atoms with Gasteiger partial charge in [0.05, 0.1) is 6.04 Å². The van der Waals surface area contributed by atoms with Crippen molar-refractivity contribution in [3.63, 3.8) is 0 Å². The van der Waals surface area contributed by atoms with Crippen LogP contribution in [0.3, 0.4) is 0 Å². The van der Waals surface area contributed by atoms with E-state index in [2.05, 4.69) is 43.6 Å². The first-order valence-corrected chi connectivity index (χ1v) is 17.5. The highest BCUT2D eigenvalue weighted by atomic mass is 16.5. The Morgan fingerprint density at radius 1 is 0.513 bits per heavy atom. The van der Waals surface area contributed by atoms with E-state index in [0.29, 0.717) is 6.42 Å². The quantitative estimate of drug-likeness (QED) is 0.0500. The normalized spacial score (nSPS) is 12.7. The van der Waals surface area contributed by atoms with Crippen LogP contribution in [0, 0.1) is 0 Å². The number of unbranched alkanes of at least 4 members (excludes halogenated alkanes) is 22. The Morgan fingerprint density at radius 3 is 1.23 bits per heavy atom. The van der Waals surface area contributed by atoms with Crippen molar-refractivity contribution in [2.24, 2.45) is 0 Å². The zero-order chi connectivity index (χ0) is 28.5. The number of hydrogen-bond acceptors (Lipinski definition) is 3. The third-order valence-electron chi connectivity index (χ3n) is 7.98. The molecule has 230 valence electrons. The predicted octanol–water partition coefficient (Wildman–Crippen LogP) is 12.0. The average molecular weight is 548 g/mol. The summed E-state index contributed by atoms with van der Waals surface area (Å²) in [6.45, 7) is 4.54. The van der Waals surface area contributed by atoms with E-state index in [4.69, 9.17) is 0 Å². The van der Waals surface area contributed by atoms with E-state index in [-0.39, 0.29) is 11.8 Å². The second-order valence-corrected chi connectivity index (χ2v) is 11.9. The Morgan fingerprint density at radius 2 is 0.846 bits per heavy atom. The minimum Gasteiger partial charge on any atom is -0.316 e. The second-order valence-electron chi connectivity index (χ2n) is 11.9. The van der Waals surface area contributed by atoms with Gasteiger partial charge in [-0.15, -0.1) is 0 Å². The summed E-state index contributed by atoms with van der Waals surface area (Å²) in [4.78, 5) is 12.4. The maximum absolute atomic E-state index is 12.4. The maximum Gasteiger partial charge on any atom is 0.152 e. The minimum atomic E-state index is -0.369. The Balaban J connectivity index is 3.49. The smallest absolute Gasteiger partial charge is 0.152 e. The van der Waals surface area contributed by atoms with Crippen LogP contribution in [-0.4, -0.2) is 17.0 Å². The fourth-order valence-corrected chi connectivity index (χ4v) is 5.26. The minimum absolute atomic E-state index is 0.186. The van der Waals surface area contributed by atoms with Gasteiger partial charge in [0, 0.05) is 6.42 Å². The number of carbonyl (C=O) groups is 1. The van der Waals surface area contributed by atoms with Gasteiger partial charge in [0.25, 0.3) is 0 Å². The van der Waals surface area contributed by atoms with Crippen molar-refractivity contribution in [1.82, 2.24) is 5.48 Å². The van der Waals surface area contributed by atoms with Gasteiger partial charge < -0.3 is 5.21 Å². The zero-order valence-electron chi connectivity index (χ0n) is 26.5. The van der Waals surface area contributed by atoms with Crippen LogP contribution in [0.15, 0.2) is 24.3 Å². The zero-order valence-corrected chi connectivity index (χ0v) is 26.5. The molecule has 0 aliphatic rings. The molecular formula is C36H69NO2. The monoisotopic (exact) mass is 548 g/mol. The fraction of sp³-hybridized carbons (Fsp3) is 0.861. The van der Waals surface area contributed by atoms with Gasteiger partial charge in [-0.1, -0.05) is 147 Å². The van der Waals surface area contributed by atoms with E-state index in [1.165, 1.54) is 141 Å². The molecule has 1 unspecified atom stereocenters. The Bertz CT molecular complexity index is 542. The third-order valence-corrected chi connectivity index (χ3v) is 7.98. The van der Waals surface area contributed by atoms with Gasteiger partial charge in [-0.2, -0.15) is 5.48 Å². The number of Topliss-reactive ketones (excluding diaryl/α,β-unsaturated/α-hetero) is 1. The van der Waals surface area contributed by atoms with Gasteiger partial charge in [0.1, 0.15) is 0 Å². The van der Waals surface area contributed by atoms with Crippen LogP contribution in [0.25, 0.3) is 0 Å².